The lowest BCUT2D eigenvalue weighted by Gasteiger charge is -2.07. The Morgan fingerprint density at radius 1 is 0.680 bits per heavy atom. The third-order valence-corrected chi connectivity index (χ3v) is 3.77. The molecule has 0 aliphatic heterocycles. The Kier molecular flexibility index (Phi) is 4.66. The first-order chi connectivity index (χ1) is 12.1. The molecule has 0 saturated carbocycles. The highest BCUT2D eigenvalue weighted by atomic mass is 16.5. The van der Waals surface area contributed by atoms with Crippen LogP contribution < -0.4 is 9.47 Å². The van der Waals surface area contributed by atoms with Crippen LogP contribution in [0.3, 0.4) is 0 Å². The molecular weight excluding hydrogens is 320 g/mol. The molecule has 3 aromatic carbocycles. The van der Waals surface area contributed by atoms with Gasteiger partial charge in [-0.3, -0.25) is 0 Å². The van der Waals surface area contributed by atoms with E-state index in [2.05, 4.69) is 4.74 Å². The molecule has 0 atom stereocenters. The monoisotopic (exact) mass is 336 g/mol. The van der Waals surface area contributed by atoms with E-state index in [0.29, 0.717) is 16.9 Å². The first-order valence-electron chi connectivity index (χ1n) is 7.59. The van der Waals surface area contributed by atoms with Gasteiger partial charge in [0.1, 0.15) is 11.5 Å². The Morgan fingerprint density at radius 3 is 1.96 bits per heavy atom. The molecule has 0 N–H and O–H groups in total. The van der Waals surface area contributed by atoms with Crippen LogP contribution in [0.25, 0.3) is 10.8 Å². The molecule has 5 heteroatoms. The van der Waals surface area contributed by atoms with Crippen LogP contribution in [-0.2, 0) is 4.74 Å². The molecule has 0 aliphatic rings. The first kappa shape index (κ1) is 16.5. The zero-order valence-electron chi connectivity index (χ0n) is 13.8. The van der Waals surface area contributed by atoms with E-state index in [1.807, 2.05) is 24.3 Å². The normalized spacial score (nSPS) is 10.3. The third kappa shape index (κ3) is 3.61. The summed E-state index contributed by atoms with van der Waals surface area (Å²) in [6, 6.07) is 17.1. The van der Waals surface area contributed by atoms with Gasteiger partial charge in [0.15, 0.2) is 0 Å². The van der Waals surface area contributed by atoms with Crippen LogP contribution in [0.15, 0.2) is 60.7 Å². The topological polar surface area (TPSA) is 61.8 Å². The fraction of sp³-hybridized carbons (Fsp3) is 0.100. The van der Waals surface area contributed by atoms with Gasteiger partial charge in [-0.15, -0.1) is 0 Å². The molecule has 0 bridgehead atoms. The van der Waals surface area contributed by atoms with Gasteiger partial charge in [-0.1, -0.05) is 12.1 Å². The average Bonchev–Trinajstić information content (AvgIpc) is 2.67. The van der Waals surface area contributed by atoms with Crippen LogP contribution >= 0.6 is 0 Å². The van der Waals surface area contributed by atoms with Gasteiger partial charge in [0, 0.05) is 0 Å². The molecule has 0 aliphatic carbocycles. The van der Waals surface area contributed by atoms with Crippen molar-refractivity contribution in [1.29, 1.82) is 0 Å². The highest BCUT2D eigenvalue weighted by molar-refractivity contribution is 5.97. The summed E-state index contributed by atoms with van der Waals surface area (Å²) >= 11 is 0. The maximum atomic E-state index is 12.3. The Labute approximate surface area is 144 Å². The number of esters is 2. The molecule has 0 unspecified atom stereocenters. The van der Waals surface area contributed by atoms with E-state index in [1.165, 1.54) is 7.11 Å². The van der Waals surface area contributed by atoms with Gasteiger partial charge in [-0.25, -0.2) is 9.59 Å². The largest absolute Gasteiger partial charge is 0.497 e. The van der Waals surface area contributed by atoms with E-state index in [-0.39, 0.29) is 0 Å². The highest BCUT2D eigenvalue weighted by Gasteiger charge is 2.11. The van der Waals surface area contributed by atoms with E-state index < -0.39 is 11.9 Å². The van der Waals surface area contributed by atoms with E-state index in [4.69, 9.17) is 9.47 Å². The number of hydrogen-bond acceptors (Lipinski definition) is 5. The van der Waals surface area contributed by atoms with Crippen LogP contribution in [-0.4, -0.2) is 26.2 Å². The number of carbonyl (C=O) groups is 2. The van der Waals surface area contributed by atoms with Crippen LogP contribution in [0.4, 0.5) is 0 Å². The van der Waals surface area contributed by atoms with Crippen molar-refractivity contribution >= 4 is 22.7 Å². The summed E-state index contributed by atoms with van der Waals surface area (Å²) in [7, 11) is 2.92. The molecule has 3 rings (SSSR count). The molecule has 126 valence electrons. The number of benzene rings is 3. The van der Waals surface area contributed by atoms with Crippen molar-refractivity contribution in [2.75, 3.05) is 14.2 Å². The summed E-state index contributed by atoms with van der Waals surface area (Å²) in [4.78, 5) is 23.7. The maximum Gasteiger partial charge on any atom is 0.343 e. The second-order valence-corrected chi connectivity index (χ2v) is 5.33. The Balaban J connectivity index is 1.78. The molecule has 0 spiro atoms. The quantitative estimate of drug-likeness (QED) is 0.535. The van der Waals surface area contributed by atoms with Crippen molar-refractivity contribution in [3.05, 3.63) is 71.8 Å². The molecule has 3 aromatic rings. The number of methoxy groups -OCH3 is 2. The van der Waals surface area contributed by atoms with Gasteiger partial charge in [-0.2, -0.15) is 0 Å². The number of fused-ring (bicyclic) bond motifs is 1. The molecular formula is C20H16O5. The fourth-order valence-electron chi connectivity index (χ4n) is 2.42. The zero-order valence-corrected chi connectivity index (χ0v) is 13.8. The minimum atomic E-state index is -0.469. The fourth-order valence-corrected chi connectivity index (χ4v) is 2.42. The second-order valence-electron chi connectivity index (χ2n) is 5.33. The minimum Gasteiger partial charge on any atom is -0.497 e. The average molecular weight is 336 g/mol. The predicted octanol–water partition coefficient (Wildman–Crippen LogP) is 3.85. The van der Waals surface area contributed by atoms with Gasteiger partial charge < -0.3 is 14.2 Å². The number of carbonyl (C=O) groups excluding carboxylic acids is 2. The smallest absolute Gasteiger partial charge is 0.343 e. The van der Waals surface area contributed by atoms with Gasteiger partial charge in [0.25, 0.3) is 0 Å². The molecule has 25 heavy (non-hydrogen) atoms. The minimum absolute atomic E-state index is 0.354. The SMILES string of the molecule is COC(=O)c1ccc(OC(=O)c2ccc3cc(OC)ccc3c2)cc1. The maximum absolute atomic E-state index is 12.3. The lowest BCUT2D eigenvalue weighted by molar-refractivity contribution is 0.0600. The lowest BCUT2D eigenvalue weighted by atomic mass is 10.1. The summed E-state index contributed by atoms with van der Waals surface area (Å²) in [6.45, 7) is 0. The van der Waals surface area contributed by atoms with E-state index in [1.54, 1.807) is 43.5 Å². The van der Waals surface area contributed by atoms with Crippen molar-refractivity contribution in [3.63, 3.8) is 0 Å². The van der Waals surface area contributed by atoms with Crippen LogP contribution in [0.2, 0.25) is 0 Å². The second kappa shape index (κ2) is 7.05. The Bertz CT molecular complexity index is 928. The summed E-state index contributed by atoms with van der Waals surface area (Å²) in [6.07, 6.45) is 0. The molecule has 5 nitrogen and oxygen atoms in total. The summed E-state index contributed by atoms with van der Waals surface area (Å²) < 4.78 is 15.2. The van der Waals surface area contributed by atoms with E-state index >= 15 is 0 Å². The summed E-state index contributed by atoms with van der Waals surface area (Å²) in [5, 5.41) is 1.88. The first-order valence-corrected chi connectivity index (χ1v) is 7.59. The van der Waals surface area contributed by atoms with E-state index in [0.717, 1.165) is 16.5 Å². The van der Waals surface area contributed by atoms with Gasteiger partial charge in [-0.05, 0) is 59.3 Å². The number of hydrogen-bond donors (Lipinski definition) is 0. The zero-order chi connectivity index (χ0) is 17.8. The summed E-state index contributed by atoms with van der Waals surface area (Å²) in [5.41, 5.74) is 0.830. The predicted molar refractivity (Wildman–Crippen MR) is 93.2 cm³/mol. The molecule has 0 fully saturated rings. The molecule has 0 heterocycles. The molecule has 0 aromatic heterocycles. The van der Waals surface area contributed by atoms with Crippen molar-refractivity contribution < 1.29 is 23.8 Å². The van der Waals surface area contributed by atoms with Crippen LogP contribution in [0.5, 0.6) is 11.5 Å². The third-order valence-electron chi connectivity index (χ3n) is 3.77. The van der Waals surface area contributed by atoms with Crippen LogP contribution in [0, 0.1) is 0 Å². The van der Waals surface area contributed by atoms with Gasteiger partial charge >= 0.3 is 11.9 Å². The lowest BCUT2D eigenvalue weighted by Crippen LogP contribution is -2.08. The molecule has 0 radical (unpaired) electrons. The van der Waals surface area contributed by atoms with Crippen molar-refractivity contribution in [3.8, 4) is 11.5 Å². The molecule has 0 saturated heterocycles. The van der Waals surface area contributed by atoms with Crippen molar-refractivity contribution in [2.45, 2.75) is 0 Å². The highest BCUT2D eigenvalue weighted by Crippen LogP contribution is 2.23. The Hall–Kier alpha value is -3.34. The number of ether oxygens (including phenoxy) is 3. The Morgan fingerprint density at radius 2 is 1.28 bits per heavy atom. The van der Waals surface area contributed by atoms with Gasteiger partial charge in [0.2, 0.25) is 0 Å². The number of rotatable bonds is 4. The van der Waals surface area contributed by atoms with E-state index in [9.17, 15) is 9.59 Å². The molecule has 0 amide bonds. The van der Waals surface area contributed by atoms with Crippen molar-refractivity contribution in [1.82, 2.24) is 0 Å². The standard InChI is InChI=1S/C20H16O5/c1-23-18-10-7-14-11-16(4-3-15(14)12-18)20(22)25-17-8-5-13(6-9-17)19(21)24-2/h3-12H,1-2H3. The van der Waals surface area contributed by atoms with Gasteiger partial charge in [0.05, 0.1) is 25.3 Å². The van der Waals surface area contributed by atoms with Crippen molar-refractivity contribution in [2.24, 2.45) is 0 Å². The van der Waals surface area contributed by atoms with Crippen LogP contribution in [0.1, 0.15) is 20.7 Å². The summed E-state index contributed by atoms with van der Waals surface area (Å²) in [5.74, 6) is 0.201.